The van der Waals surface area contributed by atoms with Crippen LogP contribution < -0.4 is 5.32 Å². The van der Waals surface area contributed by atoms with E-state index in [9.17, 15) is 0 Å². The van der Waals surface area contributed by atoms with Crippen LogP contribution in [0.15, 0.2) is 43.0 Å². The molecule has 0 saturated heterocycles. The van der Waals surface area contributed by atoms with Crippen LogP contribution in [0.2, 0.25) is 0 Å². The molecule has 0 amide bonds. The molecule has 0 fully saturated rings. The third kappa shape index (κ3) is 3.02. The van der Waals surface area contributed by atoms with Crippen LogP contribution in [0.25, 0.3) is 11.2 Å². The van der Waals surface area contributed by atoms with Crippen LogP contribution in [-0.4, -0.2) is 25.1 Å². The molecule has 0 radical (unpaired) electrons. The van der Waals surface area contributed by atoms with Gasteiger partial charge in [0.2, 0.25) is 0 Å². The van der Waals surface area contributed by atoms with Gasteiger partial charge >= 0.3 is 0 Å². The minimum Gasteiger partial charge on any atom is -0.364 e. The first-order valence-corrected chi connectivity index (χ1v) is 7.01. The van der Waals surface area contributed by atoms with Crippen molar-refractivity contribution in [1.82, 2.24) is 19.5 Å². The van der Waals surface area contributed by atoms with Crippen LogP contribution in [-0.2, 0) is 6.54 Å². The molecule has 0 aliphatic rings. The molecule has 2 aromatic heterocycles. The molecule has 0 saturated carbocycles. The fraction of sp³-hybridized carbons (Fsp3) is 0.312. The van der Waals surface area contributed by atoms with E-state index >= 15 is 0 Å². The van der Waals surface area contributed by atoms with Crippen molar-refractivity contribution in [1.29, 1.82) is 0 Å². The molecule has 108 valence electrons. The maximum absolute atomic E-state index is 4.47. The van der Waals surface area contributed by atoms with Crippen molar-refractivity contribution in [3.8, 4) is 0 Å². The van der Waals surface area contributed by atoms with Crippen molar-refractivity contribution in [2.75, 3.05) is 5.32 Å². The highest BCUT2D eigenvalue weighted by atomic mass is 15.2. The molecule has 21 heavy (non-hydrogen) atoms. The summed E-state index contributed by atoms with van der Waals surface area (Å²) < 4.78 is 2.04. The summed E-state index contributed by atoms with van der Waals surface area (Å²) in [4.78, 5) is 13.2. The second-order valence-electron chi connectivity index (χ2n) is 6.13. The predicted octanol–water partition coefficient (Wildman–Crippen LogP) is 3.09. The number of imidazole rings is 1. The summed E-state index contributed by atoms with van der Waals surface area (Å²) in [5.74, 6) is 0.777. The first-order valence-electron chi connectivity index (χ1n) is 7.01. The molecule has 5 heteroatoms. The van der Waals surface area contributed by atoms with Gasteiger partial charge in [0.05, 0.1) is 12.9 Å². The lowest BCUT2D eigenvalue weighted by molar-refractivity contribution is 0.631. The predicted molar refractivity (Wildman–Crippen MR) is 84.2 cm³/mol. The Labute approximate surface area is 124 Å². The van der Waals surface area contributed by atoms with Gasteiger partial charge in [0.1, 0.15) is 11.8 Å². The summed E-state index contributed by atoms with van der Waals surface area (Å²) in [6.45, 7) is 7.05. The van der Waals surface area contributed by atoms with Gasteiger partial charge < -0.3 is 9.88 Å². The Balaban J connectivity index is 1.97. The number of nitrogens with zero attached hydrogens (tertiary/aromatic N) is 4. The Hall–Kier alpha value is -2.43. The maximum Gasteiger partial charge on any atom is 0.165 e. The molecule has 0 aliphatic heterocycles. The Kier molecular flexibility index (Phi) is 3.33. The molecule has 0 aliphatic carbocycles. The number of anilines is 1. The molecule has 1 aromatic carbocycles. The fourth-order valence-electron chi connectivity index (χ4n) is 2.22. The highest BCUT2D eigenvalue weighted by Crippen LogP contribution is 2.21. The molecule has 5 nitrogen and oxygen atoms in total. The van der Waals surface area contributed by atoms with E-state index in [4.69, 9.17) is 0 Å². The Morgan fingerprint density at radius 3 is 2.52 bits per heavy atom. The van der Waals surface area contributed by atoms with Crippen LogP contribution in [0, 0.1) is 0 Å². The molecular weight excluding hydrogens is 262 g/mol. The molecule has 2 heterocycles. The van der Waals surface area contributed by atoms with Crippen LogP contribution in [0.1, 0.15) is 26.3 Å². The lowest BCUT2D eigenvalue weighted by atomic mass is 10.1. The zero-order valence-electron chi connectivity index (χ0n) is 12.5. The van der Waals surface area contributed by atoms with E-state index in [0.29, 0.717) is 0 Å². The van der Waals surface area contributed by atoms with Crippen LogP contribution in [0.4, 0.5) is 5.82 Å². The van der Waals surface area contributed by atoms with Gasteiger partial charge in [-0.25, -0.2) is 15.0 Å². The fourth-order valence-corrected chi connectivity index (χ4v) is 2.22. The maximum atomic E-state index is 4.47. The van der Waals surface area contributed by atoms with Crippen LogP contribution in [0.3, 0.4) is 0 Å². The van der Waals surface area contributed by atoms with Crippen molar-refractivity contribution in [3.05, 3.63) is 48.5 Å². The first kappa shape index (κ1) is 13.5. The lowest BCUT2D eigenvalue weighted by Gasteiger charge is -2.21. The Morgan fingerprint density at radius 2 is 1.81 bits per heavy atom. The number of fused-ring (bicyclic) bond motifs is 1. The number of aromatic nitrogens is 4. The molecule has 1 N–H and O–H groups in total. The van der Waals surface area contributed by atoms with Gasteiger partial charge in [-0.3, -0.25) is 0 Å². The summed E-state index contributed by atoms with van der Waals surface area (Å²) in [5.41, 5.74) is 2.81. The third-order valence-electron chi connectivity index (χ3n) is 3.09. The second kappa shape index (κ2) is 5.16. The van der Waals surface area contributed by atoms with E-state index in [1.54, 1.807) is 6.33 Å². The number of hydrogen-bond acceptors (Lipinski definition) is 4. The molecule has 3 aromatic rings. The van der Waals surface area contributed by atoms with E-state index in [0.717, 1.165) is 23.5 Å². The van der Waals surface area contributed by atoms with Crippen molar-refractivity contribution in [2.24, 2.45) is 0 Å². The van der Waals surface area contributed by atoms with Crippen LogP contribution >= 0.6 is 0 Å². The average molecular weight is 281 g/mol. The van der Waals surface area contributed by atoms with Crippen molar-refractivity contribution in [2.45, 2.75) is 32.9 Å². The lowest BCUT2D eigenvalue weighted by Crippen LogP contribution is -2.26. The molecule has 0 bridgehead atoms. The quantitative estimate of drug-likeness (QED) is 0.801. The minimum absolute atomic E-state index is 0.0650. The van der Waals surface area contributed by atoms with Gasteiger partial charge in [-0.1, -0.05) is 30.3 Å². The zero-order chi connectivity index (χ0) is 14.9. The first-order chi connectivity index (χ1) is 10.0. The van der Waals surface area contributed by atoms with E-state index in [2.05, 4.69) is 53.2 Å². The standard InChI is InChI=1S/C16H19N5/c1-16(2,3)20-14-13-15(18-10-17-14)21(11-19-13)9-12-7-5-4-6-8-12/h4-8,10-11H,9H2,1-3H3,(H,17,18,20). The largest absolute Gasteiger partial charge is 0.364 e. The highest BCUT2D eigenvalue weighted by molar-refractivity contribution is 5.83. The summed E-state index contributed by atoms with van der Waals surface area (Å²) in [6, 6.07) is 10.3. The van der Waals surface area contributed by atoms with Gasteiger partial charge in [-0.15, -0.1) is 0 Å². The van der Waals surface area contributed by atoms with E-state index in [1.165, 1.54) is 5.56 Å². The van der Waals surface area contributed by atoms with Gasteiger partial charge in [0.25, 0.3) is 0 Å². The monoisotopic (exact) mass is 281 g/mol. The molecule has 0 spiro atoms. The smallest absolute Gasteiger partial charge is 0.165 e. The normalized spacial score (nSPS) is 11.8. The van der Waals surface area contributed by atoms with Gasteiger partial charge in [-0.05, 0) is 26.3 Å². The molecular formula is C16H19N5. The van der Waals surface area contributed by atoms with Gasteiger partial charge in [-0.2, -0.15) is 0 Å². The molecule has 0 unspecified atom stereocenters. The SMILES string of the molecule is CC(C)(C)Nc1ncnc2c1ncn2Cc1ccccc1. The van der Waals surface area contributed by atoms with Gasteiger partial charge in [0, 0.05) is 5.54 Å². The number of nitrogens with one attached hydrogen (secondary N) is 1. The van der Waals surface area contributed by atoms with Crippen LogP contribution in [0.5, 0.6) is 0 Å². The third-order valence-corrected chi connectivity index (χ3v) is 3.09. The summed E-state index contributed by atoms with van der Waals surface area (Å²) in [7, 11) is 0. The second-order valence-corrected chi connectivity index (χ2v) is 6.13. The van der Waals surface area contributed by atoms with E-state index in [1.807, 2.05) is 29.1 Å². The van der Waals surface area contributed by atoms with E-state index < -0.39 is 0 Å². The topological polar surface area (TPSA) is 55.6 Å². The number of rotatable bonds is 3. The van der Waals surface area contributed by atoms with Crippen molar-refractivity contribution >= 4 is 17.0 Å². The highest BCUT2D eigenvalue weighted by Gasteiger charge is 2.15. The Morgan fingerprint density at radius 1 is 1.05 bits per heavy atom. The molecule has 3 rings (SSSR count). The average Bonchev–Trinajstić information content (AvgIpc) is 2.83. The van der Waals surface area contributed by atoms with Crippen molar-refractivity contribution in [3.63, 3.8) is 0 Å². The summed E-state index contributed by atoms with van der Waals surface area (Å²) in [5, 5.41) is 3.37. The van der Waals surface area contributed by atoms with Crippen molar-refractivity contribution < 1.29 is 0 Å². The molecule has 0 atom stereocenters. The summed E-state index contributed by atoms with van der Waals surface area (Å²) >= 11 is 0. The number of benzene rings is 1. The number of hydrogen-bond donors (Lipinski definition) is 1. The minimum atomic E-state index is -0.0650. The summed E-state index contributed by atoms with van der Waals surface area (Å²) in [6.07, 6.45) is 3.40. The zero-order valence-corrected chi connectivity index (χ0v) is 12.5. The Bertz CT molecular complexity index is 740. The van der Waals surface area contributed by atoms with Gasteiger partial charge in [0.15, 0.2) is 11.5 Å². The van der Waals surface area contributed by atoms with E-state index in [-0.39, 0.29) is 5.54 Å².